The predicted molar refractivity (Wildman–Crippen MR) is 102 cm³/mol. The molecule has 0 atom stereocenters. The monoisotopic (exact) mass is 416 g/mol. The molecule has 0 saturated heterocycles. The molecule has 1 aliphatic heterocycles. The lowest BCUT2D eigenvalue weighted by Crippen LogP contribution is -2.25. The van der Waals surface area contributed by atoms with E-state index < -0.39 is 6.29 Å². The number of nitrogens with zero attached hydrogens (tertiary/aromatic N) is 3. The quantitative estimate of drug-likeness (QED) is 0.667. The first-order chi connectivity index (χ1) is 14.3. The van der Waals surface area contributed by atoms with Crippen molar-refractivity contribution in [2.45, 2.75) is 39.9 Å². The highest BCUT2D eigenvalue weighted by atomic mass is 19.3. The van der Waals surface area contributed by atoms with Crippen LogP contribution in [0, 0.1) is 6.92 Å². The van der Waals surface area contributed by atoms with Gasteiger partial charge < -0.3 is 19.3 Å². The van der Waals surface area contributed by atoms with Crippen LogP contribution in [-0.2, 0) is 12.8 Å². The van der Waals surface area contributed by atoms with Crippen molar-refractivity contribution in [1.29, 1.82) is 0 Å². The minimum atomic E-state index is -3.69. The molecule has 1 aromatic carbocycles. The molecule has 0 aliphatic carbocycles. The van der Waals surface area contributed by atoms with Gasteiger partial charge in [0.05, 0.1) is 23.8 Å². The van der Waals surface area contributed by atoms with Crippen molar-refractivity contribution < 1.29 is 27.6 Å². The van der Waals surface area contributed by atoms with Crippen LogP contribution in [0.25, 0.3) is 11.3 Å². The number of hydrogen-bond donors (Lipinski definition) is 1. The van der Waals surface area contributed by atoms with E-state index >= 15 is 0 Å². The zero-order valence-corrected chi connectivity index (χ0v) is 16.5. The number of benzene rings is 1. The molecule has 156 valence electrons. The average Bonchev–Trinajstić information content (AvgIpc) is 3.26. The zero-order valence-electron chi connectivity index (χ0n) is 16.5. The summed E-state index contributed by atoms with van der Waals surface area (Å²) in [5, 5.41) is 6.61. The third-order valence-electron chi connectivity index (χ3n) is 4.63. The number of carbonyl (C=O) groups is 1. The Hall–Kier alpha value is -3.56. The second-order valence-corrected chi connectivity index (χ2v) is 6.66. The summed E-state index contributed by atoms with van der Waals surface area (Å²) >= 11 is 0. The number of nitrogens with one attached hydrogen (secondary N) is 1. The maximum atomic E-state index is 13.3. The second-order valence-electron chi connectivity index (χ2n) is 6.66. The molecule has 1 amide bonds. The van der Waals surface area contributed by atoms with Crippen LogP contribution in [0.3, 0.4) is 0 Å². The number of ether oxygens (including phenoxy) is 2. The van der Waals surface area contributed by atoms with Crippen molar-refractivity contribution in [3.8, 4) is 22.8 Å². The molecule has 3 aromatic rings. The van der Waals surface area contributed by atoms with E-state index in [1.165, 1.54) is 24.5 Å². The third-order valence-corrected chi connectivity index (χ3v) is 4.63. The fourth-order valence-electron chi connectivity index (χ4n) is 3.19. The molecule has 1 aliphatic rings. The lowest BCUT2D eigenvalue weighted by atomic mass is 10.1. The van der Waals surface area contributed by atoms with E-state index in [9.17, 15) is 13.6 Å². The molecule has 8 nitrogen and oxygen atoms in total. The van der Waals surface area contributed by atoms with E-state index in [-0.39, 0.29) is 23.2 Å². The average molecular weight is 416 g/mol. The Morgan fingerprint density at radius 1 is 1.10 bits per heavy atom. The van der Waals surface area contributed by atoms with Gasteiger partial charge in [-0.05, 0) is 31.0 Å². The number of carbonyl (C=O) groups excluding carboxylic acids is 1. The first-order valence-electron chi connectivity index (χ1n) is 9.33. The van der Waals surface area contributed by atoms with E-state index in [0.717, 1.165) is 0 Å². The number of anilines is 1. The van der Waals surface area contributed by atoms with Gasteiger partial charge in [0.25, 0.3) is 5.91 Å². The smallest absolute Gasteiger partial charge is 0.395 e. The summed E-state index contributed by atoms with van der Waals surface area (Å²) in [4.78, 5) is 21.2. The minimum absolute atomic E-state index is 0.0368. The van der Waals surface area contributed by atoms with Crippen LogP contribution in [0.4, 0.5) is 14.6 Å². The zero-order chi connectivity index (χ0) is 21.5. The Kier molecular flexibility index (Phi) is 4.84. The Morgan fingerprint density at radius 3 is 2.47 bits per heavy atom. The van der Waals surface area contributed by atoms with Gasteiger partial charge in [-0.3, -0.25) is 9.78 Å². The van der Waals surface area contributed by atoms with E-state index in [1.54, 1.807) is 6.92 Å². The first-order valence-corrected chi connectivity index (χ1v) is 9.33. The van der Waals surface area contributed by atoms with Crippen LogP contribution < -0.4 is 14.8 Å². The highest BCUT2D eigenvalue weighted by molar-refractivity contribution is 6.05. The number of amides is 1. The molecular formula is C20H18F2N4O4. The van der Waals surface area contributed by atoms with Crippen LogP contribution in [0.1, 0.15) is 41.2 Å². The molecule has 30 heavy (non-hydrogen) atoms. The standard InChI is InChI=1S/C20H18F2N4O4/c1-4-12-18(14(5-2)30-26-12)19(27)25-17-9-23-13(8-24-17)11-7-16-15(6-10(11)3)28-20(21,22)29-16/h6-9H,4-5H2,1-3H3,(H,24,25,27). The van der Waals surface area contributed by atoms with Gasteiger partial charge in [-0.2, -0.15) is 0 Å². The fourth-order valence-corrected chi connectivity index (χ4v) is 3.19. The summed E-state index contributed by atoms with van der Waals surface area (Å²) < 4.78 is 40.7. The molecule has 1 N–H and O–H groups in total. The molecule has 0 unspecified atom stereocenters. The van der Waals surface area contributed by atoms with Gasteiger partial charge in [0.15, 0.2) is 17.3 Å². The Labute approximate surface area is 170 Å². The summed E-state index contributed by atoms with van der Waals surface area (Å²) in [5.41, 5.74) is 2.62. The molecule has 0 radical (unpaired) electrons. The second kappa shape index (κ2) is 7.36. The van der Waals surface area contributed by atoms with Crippen molar-refractivity contribution in [3.05, 3.63) is 47.1 Å². The Bertz CT molecular complexity index is 1090. The van der Waals surface area contributed by atoms with E-state index in [2.05, 4.69) is 29.9 Å². The van der Waals surface area contributed by atoms with Crippen molar-refractivity contribution in [2.75, 3.05) is 5.32 Å². The largest absolute Gasteiger partial charge is 0.586 e. The highest BCUT2D eigenvalue weighted by Gasteiger charge is 2.43. The van der Waals surface area contributed by atoms with Gasteiger partial charge in [-0.25, -0.2) is 4.98 Å². The number of aromatic nitrogens is 3. The number of alkyl halides is 2. The molecule has 4 rings (SSSR count). The third kappa shape index (κ3) is 3.56. The number of rotatable bonds is 5. The molecule has 0 saturated carbocycles. The van der Waals surface area contributed by atoms with Gasteiger partial charge in [0.1, 0.15) is 11.3 Å². The summed E-state index contributed by atoms with van der Waals surface area (Å²) in [5.74, 6) is 0.242. The van der Waals surface area contributed by atoms with Gasteiger partial charge in [-0.15, -0.1) is 8.78 Å². The lowest BCUT2D eigenvalue weighted by molar-refractivity contribution is -0.286. The summed E-state index contributed by atoms with van der Waals surface area (Å²) in [7, 11) is 0. The van der Waals surface area contributed by atoms with E-state index in [1.807, 2.05) is 13.8 Å². The normalized spacial score (nSPS) is 14.0. The van der Waals surface area contributed by atoms with Gasteiger partial charge in [-0.1, -0.05) is 19.0 Å². The maximum Gasteiger partial charge on any atom is 0.586 e. The summed E-state index contributed by atoms with van der Waals surface area (Å²) in [6.07, 6.45) is 0.218. The maximum absolute atomic E-state index is 13.3. The molecule has 2 aromatic heterocycles. The van der Waals surface area contributed by atoms with Crippen LogP contribution in [0.5, 0.6) is 11.5 Å². The molecule has 0 spiro atoms. The number of halogens is 2. The van der Waals surface area contributed by atoms with Crippen LogP contribution in [0.2, 0.25) is 0 Å². The first kappa shape index (κ1) is 19.7. The number of hydrogen-bond acceptors (Lipinski definition) is 7. The Morgan fingerprint density at radius 2 is 1.83 bits per heavy atom. The van der Waals surface area contributed by atoms with Crippen LogP contribution in [0.15, 0.2) is 29.0 Å². The van der Waals surface area contributed by atoms with Crippen molar-refractivity contribution in [3.63, 3.8) is 0 Å². The molecule has 0 bridgehead atoms. The van der Waals surface area contributed by atoms with Gasteiger partial charge >= 0.3 is 6.29 Å². The van der Waals surface area contributed by atoms with E-state index in [0.29, 0.717) is 46.7 Å². The lowest BCUT2D eigenvalue weighted by Gasteiger charge is -2.08. The number of fused-ring (bicyclic) bond motifs is 1. The molecule has 10 heteroatoms. The highest BCUT2D eigenvalue weighted by Crippen LogP contribution is 2.44. The minimum Gasteiger partial charge on any atom is -0.395 e. The molecule has 0 fully saturated rings. The Balaban J connectivity index is 1.56. The van der Waals surface area contributed by atoms with Gasteiger partial charge in [0, 0.05) is 12.0 Å². The van der Waals surface area contributed by atoms with E-state index in [4.69, 9.17) is 4.52 Å². The van der Waals surface area contributed by atoms with Crippen molar-refractivity contribution >= 4 is 11.7 Å². The SMILES string of the molecule is CCc1noc(CC)c1C(=O)Nc1cnc(-c2cc3c(cc2C)OC(F)(F)O3)cn1. The van der Waals surface area contributed by atoms with Gasteiger partial charge in [0.2, 0.25) is 0 Å². The predicted octanol–water partition coefficient (Wildman–Crippen LogP) is 4.14. The van der Waals surface area contributed by atoms with Crippen molar-refractivity contribution in [2.24, 2.45) is 0 Å². The summed E-state index contributed by atoms with van der Waals surface area (Å²) in [6.45, 7) is 5.48. The van der Waals surface area contributed by atoms with Crippen LogP contribution in [-0.4, -0.2) is 27.3 Å². The summed E-state index contributed by atoms with van der Waals surface area (Å²) in [6, 6.07) is 2.87. The topological polar surface area (TPSA) is 99.4 Å². The molecular weight excluding hydrogens is 398 g/mol. The van der Waals surface area contributed by atoms with Crippen molar-refractivity contribution in [1.82, 2.24) is 15.1 Å². The van der Waals surface area contributed by atoms with Crippen LogP contribution >= 0.6 is 0 Å². The molecule has 3 heterocycles. The fraction of sp³-hybridized carbons (Fsp3) is 0.300. The number of aryl methyl sites for hydroxylation is 3.